The predicted octanol–water partition coefficient (Wildman–Crippen LogP) is 1.33. The second-order valence-corrected chi connectivity index (χ2v) is 4.98. The molecule has 0 saturated heterocycles. The van der Waals surface area contributed by atoms with Crippen molar-refractivity contribution < 1.29 is 14.7 Å². The van der Waals surface area contributed by atoms with Gasteiger partial charge in [-0.2, -0.15) is 12.6 Å². The van der Waals surface area contributed by atoms with E-state index < -0.39 is 11.3 Å². The monoisotopic (exact) mass is 267 g/mol. The Bertz CT molecular complexity index is 428. The van der Waals surface area contributed by atoms with Crippen molar-refractivity contribution in [3.8, 4) is 5.75 Å². The Balaban J connectivity index is 2.81. The van der Waals surface area contributed by atoms with Crippen LogP contribution in [0.15, 0.2) is 24.3 Å². The summed E-state index contributed by atoms with van der Waals surface area (Å²) in [6, 6.07) is 5.96. The summed E-state index contributed by atoms with van der Waals surface area (Å²) in [5, 5.41) is 11.4. The number of benzene rings is 1. The molecule has 0 aliphatic carbocycles. The average molecular weight is 267 g/mol. The van der Waals surface area contributed by atoms with Gasteiger partial charge in [0.2, 0.25) is 5.91 Å². The first-order valence-corrected chi connectivity index (χ1v) is 6.18. The molecule has 0 radical (unpaired) electrons. The number of ketones is 1. The molecule has 0 saturated carbocycles. The van der Waals surface area contributed by atoms with Crippen molar-refractivity contribution in [1.29, 1.82) is 0 Å². The van der Waals surface area contributed by atoms with Crippen LogP contribution in [0.4, 0.5) is 0 Å². The maximum atomic E-state index is 11.9. The first-order chi connectivity index (χ1) is 8.40. The Labute approximate surface area is 112 Å². The lowest BCUT2D eigenvalue weighted by Gasteiger charge is -2.18. The molecule has 1 aromatic carbocycles. The van der Waals surface area contributed by atoms with Gasteiger partial charge in [0.15, 0.2) is 5.78 Å². The summed E-state index contributed by atoms with van der Waals surface area (Å²) in [6.07, 6.45) is 0.392. The van der Waals surface area contributed by atoms with Gasteiger partial charge in [0.05, 0.1) is 11.3 Å². The van der Waals surface area contributed by atoms with Crippen LogP contribution in [-0.2, 0) is 16.0 Å². The van der Waals surface area contributed by atoms with E-state index in [0.717, 1.165) is 5.56 Å². The predicted molar refractivity (Wildman–Crippen MR) is 72.9 cm³/mol. The Kier molecular flexibility index (Phi) is 5.22. The summed E-state index contributed by atoms with van der Waals surface area (Å²) >= 11 is 4.10. The molecule has 0 bridgehead atoms. The highest BCUT2D eigenvalue weighted by Gasteiger charge is 2.22. The molecule has 0 spiro atoms. The number of thiol groups is 1. The van der Waals surface area contributed by atoms with Crippen molar-refractivity contribution >= 4 is 24.3 Å². The standard InChI is InChI=1S/C13H17NO3S/c1-8(18)13(17)12(14-9(2)15)7-10-3-5-11(16)6-4-10/h3-6,8,12,16,18H,7H2,1-2H3,(H,14,15)/t8?,12-/m0/s1. The number of rotatable bonds is 5. The molecule has 0 fully saturated rings. The molecule has 2 N–H and O–H groups in total. The number of carbonyl (C=O) groups excluding carboxylic acids is 2. The molecule has 18 heavy (non-hydrogen) atoms. The highest BCUT2D eigenvalue weighted by Crippen LogP contribution is 2.13. The minimum atomic E-state index is -0.584. The first kappa shape index (κ1) is 14.6. The minimum absolute atomic E-state index is 0.124. The molecule has 1 aromatic rings. The van der Waals surface area contributed by atoms with Gasteiger partial charge >= 0.3 is 0 Å². The second kappa shape index (κ2) is 6.44. The molecule has 5 heteroatoms. The van der Waals surface area contributed by atoms with Crippen LogP contribution in [0.5, 0.6) is 5.75 Å². The number of aromatic hydroxyl groups is 1. The normalized spacial score (nSPS) is 13.7. The Morgan fingerprint density at radius 3 is 2.33 bits per heavy atom. The van der Waals surface area contributed by atoms with Crippen molar-refractivity contribution in [3.63, 3.8) is 0 Å². The molecular formula is C13H17NO3S. The smallest absolute Gasteiger partial charge is 0.217 e. The molecule has 2 atom stereocenters. The lowest BCUT2D eigenvalue weighted by Crippen LogP contribution is -2.44. The van der Waals surface area contributed by atoms with Crippen molar-refractivity contribution in [2.24, 2.45) is 0 Å². The number of hydrogen-bond acceptors (Lipinski definition) is 4. The number of nitrogens with one attached hydrogen (secondary N) is 1. The Morgan fingerprint density at radius 2 is 1.89 bits per heavy atom. The van der Waals surface area contributed by atoms with Gasteiger partial charge in [-0.15, -0.1) is 0 Å². The highest BCUT2D eigenvalue weighted by atomic mass is 32.1. The van der Waals surface area contributed by atoms with Gasteiger partial charge in [-0.25, -0.2) is 0 Å². The third kappa shape index (κ3) is 4.41. The third-order valence-corrected chi connectivity index (χ3v) is 2.76. The van der Waals surface area contributed by atoms with E-state index in [1.54, 1.807) is 31.2 Å². The van der Waals surface area contributed by atoms with E-state index in [0.29, 0.717) is 6.42 Å². The summed E-state index contributed by atoms with van der Waals surface area (Å²) in [4.78, 5) is 23.0. The van der Waals surface area contributed by atoms with Crippen molar-refractivity contribution in [2.75, 3.05) is 0 Å². The van der Waals surface area contributed by atoms with Gasteiger partial charge < -0.3 is 10.4 Å². The van der Waals surface area contributed by atoms with Gasteiger partial charge in [-0.3, -0.25) is 9.59 Å². The van der Waals surface area contributed by atoms with Gasteiger partial charge in [0.1, 0.15) is 5.75 Å². The molecule has 1 unspecified atom stereocenters. The zero-order valence-corrected chi connectivity index (χ0v) is 11.3. The molecule has 4 nitrogen and oxygen atoms in total. The summed E-state index contributed by atoms with van der Waals surface area (Å²) in [7, 11) is 0. The molecule has 0 aliphatic rings. The Morgan fingerprint density at radius 1 is 1.33 bits per heavy atom. The summed E-state index contributed by atoms with van der Waals surface area (Å²) in [5.41, 5.74) is 0.869. The van der Waals surface area contributed by atoms with Crippen LogP contribution in [0, 0.1) is 0 Å². The highest BCUT2D eigenvalue weighted by molar-refractivity contribution is 7.81. The van der Waals surface area contributed by atoms with E-state index in [9.17, 15) is 14.7 Å². The fourth-order valence-electron chi connectivity index (χ4n) is 1.63. The maximum Gasteiger partial charge on any atom is 0.217 e. The third-order valence-electron chi connectivity index (χ3n) is 2.51. The molecule has 1 amide bonds. The topological polar surface area (TPSA) is 66.4 Å². The lowest BCUT2D eigenvalue weighted by atomic mass is 10.0. The number of carbonyl (C=O) groups is 2. The minimum Gasteiger partial charge on any atom is -0.508 e. The number of phenolic OH excluding ortho intramolecular Hbond substituents is 1. The van der Waals surface area contributed by atoms with Crippen LogP contribution in [0.25, 0.3) is 0 Å². The largest absolute Gasteiger partial charge is 0.508 e. The van der Waals surface area contributed by atoms with E-state index in [1.807, 2.05) is 0 Å². The van der Waals surface area contributed by atoms with E-state index in [2.05, 4.69) is 17.9 Å². The van der Waals surface area contributed by atoms with Crippen LogP contribution < -0.4 is 5.32 Å². The number of Topliss-reactive ketones (excluding diaryl/α,β-unsaturated/α-hetero) is 1. The average Bonchev–Trinajstić information content (AvgIpc) is 2.29. The number of hydrogen-bond donors (Lipinski definition) is 3. The molecule has 0 aromatic heterocycles. The second-order valence-electron chi connectivity index (χ2n) is 4.20. The van der Waals surface area contributed by atoms with E-state index >= 15 is 0 Å². The summed E-state index contributed by atoms with van der Waals surface area (Å²) < 4.78 is 0. The van der Waals surface area contributed by atoms with E-state index in [-0.39, 0.29) is 17.4 Å². The van der Waals surface area contributed by atoms with Gasteiger partial charge in [0, 0.05) is 6.92 Å². The number of amides is 1. The summed E-state index contributed by atoms with van der Waals surface area (Å²) in [6.45, 7) is 3.05. The van der Waals surface area contributed by atoms with Gasteiger partial charge in [0.25, 0.3) is 0 Å². The van der Waals surface area contributed by atoms with E-state index in [4.69, 9.17) is 0 Å². The van der Waals surface area contributed by atoms with Crippen LogP contribution in [0.1, 0.15) is 19.4 Å². The molecular weight excluding hydrogens is 250 g/mol. The van der Waals surface area contributed by atoms with Crippen molar-refractivity contribution in [3.05, 3.63) is 29.8 Å². The summed E-state index contributed by atoms with van der Waals surface area (Å²) in [5.74, 6) is -0.202. The fourth-order valence-corrected chi connectivity index (χ4v) is 1.81. The van der Waals surface area contributed by atoms with Crippen LogP contribution in [0.3, 0.4) is 0 Å². The van der Waals surface area contributed by atoms with Crippen LogP contribution in [0.2, 0.25) is 0 Å². The van der Waals surface area contributed by atoms with Gasteiger partial charge in [-0.05, 0) is 31.0 Å². The molecule has 98 valence electrons. The molecule has 0 heterocycles. The maximum absolute atomic E-state index is 11.9. The van der Waals surface area contributed by atoms with Crippen molar-refractivity contribution in [2.45, 2.75) is 31.6 Å². The fraction of sp³-hybridized carbons (Fsp3) is 0.385. The first-order valence-electron chi connectivity index (χ1n) is 5.67. The van der Waals surface area contributed by atoms with E-state index in [1.165, 1.54) is 6.92 Å². The zero-order valence-electron chi connectivity index (χ0n) is 10.4. The Hall–Kier alpha value is -1.49. The van der Waals surface area contributed by atoms with Crippen LogP contribution >= 0.6 is 12.6 Å². The van der Waals surface area contributed by atoms with Crippen LogP contribution in [-0.4, -0.2) is 28.1 Å². The van der Waals surface area contributed by atoms with Gasteiger partial charge in [-0.1, -0.05) is 12.1 Å². The number of phenols is 1. The SMILES string of the molecule is CC(=O)N[C@@H](Cc1ccc(O)cc1)C(=O)C(C)S. The zero-order chi connectivity index (χ0) is 13.7. The molecule has 0 aliphatic heterocycles. The molecule has 1 rings (SSSR count). The van der Waals surface area contributed by atoms with Crippen molar-refractivity contribution in [1.82, 2.24) is 5.32 Å². The lowest BCUT2D eigenvalue weighted by molar-refractivity contribution is -0.126. The quantitative estimate of drug-likeness (QED) is 0.705.